The SMILES string of the molecule is CC(NS(=O)(=O)c1scnc1C(=O)O)c1ncc[nH]1. The summed E-state index contributed by atoms with van der Waals surface area (Å²) in [7, 11) is -3.95. The highest BCUT2D eigenvalue weighted by Crippen LogP contribution is 2.21. The van der Waals surface area contributed by atoms with Gasteiger partial charge in [0.25, 0.3) is 10.0 Å². The monoisotopic (exact) mass is 302 g/mol. The van der Waals surface area contributed by atoms with E-state index in [9.17, 15) is 13.2 Å². The maximum atomic E-state index is 12.1. The van der Waals surface area contributed by atoms with Crippen LogP contribution in [0.4, 0.5) is 0 Å². The molecule has 0 bridgehead atoms. The fourth-order valence-corrected chi connectivity index (χ4v) is 3.79. The van der Waals surface area contributed by atoms with Crippen LogP contribution >= 0.6 is 11.3 Å². The summed E-state index contributed by atoms with van der Waals surface area (Å²) >= 11 is 0.751. The van der Waals surface area contributed by atoms with E-state index in [1.165, 1.54) is 11.7 Å². The average molecular weight is 302 g/mol. The van der Waals surface area contributed by atoms with Gasteiger partial charge in [0.15, 0.2) is 9.90 Å². The topological polar surface area (TPSA) is 125 Å². The predicted octanol–water partition coefficient (Wildman–Crippen LogP) is 0.604. The van der Waals surface area contributed by atoms with E-state index in [4.69, 9.17) is 5.11 Å². The van der Waals surface area contributed by atoms with Crippen LogP contribution in [-0.2, 0) is 10.0 Å². The van der Waals surface area contributed by atoms with Crippen molar-refractivity contribution < 1.29 is 18.3 Å². The van der Waals surface area contributed by atoms with Gasteiger partial charge in [-0.2, -0.15) is 0 Å². The van der Waals surface area contributed by atoms with E-state index in [2.05, 4.69) is 19.7 Å². The number of thiazole rings is 1. The number of nitrogens with one attached hydrogen (secondary N) is 2. The number of hydrogen-bond acceptors (Lipinski definition) is 6. The highest BCUT2D eigenvalue weighted by Gasteiger charge is 2.27. The molecule has 0 fully saturated rings. The molecule has 2 rings (SSSR count). The van der Waals surface area contributed by atoms with Gasteiger partial charge in [0.2, 0.25) is 0 Å². The smallest absolute Gasteiger partial charge is 0.356 e. The van der Waals surface area contributed by atoms with E-state index in [0.717, 1.165) is 11.3 Å². The summed E-state index contributed by atoms with van der Waals surface area (Å²) in [5.41, 5.74) is 0.694. The lowest BCUT2D eigenvalue weighted by Crippen LogP contribution is -2.28. The van der Waals surface area contributed by atoms with Gasteiger partial charge in [0.1, 0.15) is 5.82 Å². The molecule has 0 aromatic carbocycles. The largest absolute Gasteiger partial charge is 0.476 e. The minimum Gasteiger partial charge on any atom is -0.476 e. The molecule has 10 heteroatoms. The molecule has 2 heterocycles. The first-order valence-corrected chi connectivity index (χ1v) is 7.46. The van der Waals surface area contributed by atoms with Gasteiger partial charge < -0.3 is 10.1 Å². The molecule has 0 saturated heterocycles. The second kappa shape index (κ2) is 5.07. The van der Waals surface area contributed by atoms with Gasteiger partial charge in [-0.15, -0.1) is 11.3 Å². The number of H-pyrrole nitrogens is 1. The van der Waals surface area contributed by atoms with Crippen molar-refractivity contribution >= 4 is 27.3 Å². The van der Waals surface area contributed by atoms with Gasteiger partial charge in [-0.25, -0.2) is 27.9 Å². The second-order valence-corrected chi connectivity index (χ2v) is 6.37. The lowest BCUT2D eigenvalue weighted by atomic mass is 10.3. The summed E-state index contributed by atoms with van der Waals surface area (Å²) in [6.45, 7) is 1.60. The molecular weight excluding hydrogens is 292 g/mol. The van der Waals surface area contributed by atoms with Gasteiger partial charge in [-0.3, -0.25) is 0 Å². The lowest BCUT2D eigenvalue weighted by Gasteiger charge is -2.11. The second-order valence-electron chi connectivity index (χ2n) is 3.61. The highest BCUT2D eigenvalue weighted by atomic mass is 32.2. The van der Waals surface area contributed by atoms with Crippen LogP contribution < -0.4 is 4.72 Å². The summed E-state index contributed by atoms with van der Waals surface area (Å²) < 4.78 is 26.2. The number of imidazole rings is 1. The van der Waals surface area contributed by atoms with Crippen molar-refractivity contribution in [2.24, 2.45) is 0 Å². The summed E-state index contributed by atoms with van der Waals surface area (Å²) in [6.07, 6.45) is 3.06. The van der Waals surface area contributed by atoms with Crippen LogP contribution in [0.5, 0.6) is 0 Å². The van der Waals surface area contributed by atoms with Crippen LogP contribution in [0.25, 0.3) is 0 Å². The number of sulfonamides is 1. The number of nitrogens with zero attached hydrogens (tertiary/aromatic N) is 2. The minimum absolute atomic E-state index is 0.321. The molecule has 0 aliphatic rings. The van der Waals surface area contributed by atoms with Gasteiger partial charge in [-0.1, -0.05) is 0 Å². The van der Waals surface area contributed by atoms with Gasteiger partial charge >= 0.3 is 5.97 Å². The van der Waals surface area contributed by atoms with Gasteiger partial charge in [0, 0.05) is 12.4 Å². The molecular formula is C9H10N4O4S2. The molecule has 0 aliphatic heterocycles. The zero-order valence-corrected chi connectivity index (χ0v) is 11.3. The van der Waals surface area contributed by atoms with E-state index < -0.39 is 27.7 Å². The normalized spacial score (nSPS) is 13.3. The molecule has 0 aliphatic carbocycles. The van der Waals surface area contributed by atoms with Crippen molar-refractivity contribution in [2.75, 3.05) is 0 Å². The molecule has 1 unspecified atom stereocenters. The molecule has 0 amide bonds. The van der Waals surface area contributed by atoms with Crippen molar-refractivity contribution in [3.8, 4) is 0 Å². The number of aromatic nitrogens is 3. The van der Waals surface area contributed by atoms with Crippen LogP contribution in [-0.4, -0.2) is 34.4 Å². The Hall–Kier alpha value is -1.78. The number of aromatic amines is 1. The van der Waals surface area contributed by atoms with Crippen molar-refractivity contribution in [3.05, 3.63) is 29.4 Å². The number of carbonyl (C=O) groups is 1. The van der Waals surface area contributed by atoms with Crippen LogP contribution in [0.15, 0.2) is 22.1 Å². The molecule has 0 radical (unpaired) electrons. The van der Waals surface area contributed by atoms with Crippen LogP contribution in [0.3, 0.4) is 0 Å². The van der Waals surface area contributed by atoms with Crippen molar-refractivity contribution in [1.29, 1.82) is 0 Å². The molecule has 3 N–H and O–H groups in total. The third-order valence-electron chi connectivity index (χ3n) is 2.24. The zero-order chi connectivity index (χ0) is 14.0. The minimum atomic E-state index is -3.95. The van der Waals surface area contributed by atoms with Crippen LogP contribution in [0.2, 0.25) is 0 Å². The van der Waals surface area contributed by atoms with Gasteiger partial charge in [-0.05, 0) is 6.92 Å². The maximum Gasteiger partial charge on any atom is 0.356 e. The van der Waals surface area contributed by atoms with Crippen LogP contribution in [0, 0.1) is 0 Å². The van der Waals surface area contributed by atoms with Crippen LogP contribution in [0.1, 0.15) is 29.3 Å². The number of rotatable bonds is 5. The fraction of sp³-hybridized carbons (Fsp3) is 0.222. The van der Waals surface area contributed by atoms with E-state index >= 15 is 0 Å². The Balaban J connectivity index is 2.28. The first kappa shape index (κ1) is 13.6. The van der Waals surface area contributed by atoms with Crippen molar-refractivity contribution in [1.82, 2.24) is 19.7 Å². The summed E-state index contributed by atoms with van der Waals surface area (Å²) in [6, 6.07) is -0.608. The lowest BCUT2D eigenvalue weighted by molar-refractivity contribution is 0.0687. The summed E-state index contributed by atoms with van der Waals surface area (Å²) in [4.78, 5) is 21.1. The molecule has 0 saturated carbocycles. The quantitative estimate of drug-likeness (QED) is 0.743. The van der Waals surface area contributed by atoms with Crippen molar-refractivity contribution in [2.45, 2.75) is 17.2 Å². The molecule has 1 atom stereocenters. The Bertz CT molecular complexity index is 677. The number of carboxylic acids is 1. The third-order valence-corrected chi connectivity index (χ3v) is 5.15. The first-order chi connectivity index (χ1) is 8.92. The highest BCUT2D eigenvalue weighted by molar-refractivity contribution is 7.91. The Morgan fingerprint density at radius 1 is 1.53 bits per heavy atom. The van der Waals surface area contributed by atoms with E-state index in [1.54, 1.807) is 13.1 Å². The Labute approximate surface area is 112 Å². The number of aromatic carboxylic acids is 1. The Kier molecular flexibility index (Phi) is 3.64. The van der Waals surface area contributed by atoms with E-state index in [-0.39, 0.29) is 4.21 Å². The molecule has 0 spiro atoms. The maximum absolute atomic E-state index is 12.1. The average Bonchev–Trinajstić information content (AvgIpc) is 3.00. The molecule has 102 valence electrons. The number of carboxylic acid groups (broad SMARTS) is 1. The van der Waals surface area contributed by atoms with Gasteiger partial charge in [0.05, 0.1) is 11.6 Å². The van der Waals surface area contributed by atoms with E-state index in [0.29, 0.717) is 5.82 Å². The molecule has 8 nitrogen and oxygen atoms in total. The number of hydrogen-bond donors (Lipinski definition) is 3. The third kappa shape index (κ3) is 2.80. The zero-order valence-electron chi connectivity index (χ0n) is 9.69. The molecule has 2 aromatic heterocycles. The van der Waals surface area contributed by atoms with Crippen molar-refractivity contribution in [3.63, 3.8) is 0 Å². The first-order valence-electron chi connectivity index (χ1n) is 5.10. The molecule has 19 heavy (non-hydrogen) atoms. The Morgan fingerprint density at radius 3 is 2.84 bits per heavy atom. The van der Waals surface area contributed by atoms with E-state index in [1.807, 2.05) is 0 Å². The summed E-state index contributed by atoms with van der Waals surface area (Å²) in [5, 5.41) is 8.87. The Morgan fingerprint density at radius 2 is 2.26 bits per heavy atom. The predicted molar refractivity (Wildman–Crippen MR) is 66.4 cm³/mol. The standard InChI is InChI=1S/C9H10N4O4S2/c1-5(7-10-2-3-11-7)13-19(16,17)9-6(8(14)15)12-4-18-9/h2-5,13H,1H3,(H,10,11)(H,14,15). The molecule has 2 aromatic rings. The fourth-order valence-electron chi connectivity index (χ4n) is 1.42. The summed E-state index contributed by atoms with van der Waals surface area (Å²) in [5.74, 6) is -0.947.